The van der Waals surface area contributed by atoms with Gasteiger partial charge in [-0.25, -0.2) is 8.78 Å². The molecule has 1 fully saturated rings. The Balaban J connectivity index is 2.33. The SMILES string of the molecule is O=C(O)CCC(=O)C1CCC(F)(F)CC1. The molecule has 0 atom stereocenters. The zero-order valence-corrected chi connectivity index (χ0v) is 8.34. The lowest BCUT2D eigenvalue weighted by Crippen LogP contribution is -2.28. The summed E-state index contributed by atoms with van der Waals surface area (Å²) in [6.07, 6.45) is -0.374. The number of aliphatic carboxylic acids is 1. The van der Waals surface area contributed by atoms with Crippen LogP contribution in [-0.2, 0) is 9.59 Å². The Bertz CT molecular complexity index is 253. The first-order valence-corrected chi connectivity index (χ1v) is 5.03. The van der Waals surface area contributed by atoms with Crippen LogP contribution in [0.15, 0.2) is 0 Å². The normalized spacial score (nSPS) is 21.2. The largest absolute Gasteiger partial charge is 0.481 e. The van der Waals surface area contributed by atoms with Crippen LogP contribution < -0.4 is 0 Å². The number of hydrogen-bond donors (Lipinski definition) is 1. The van der Waals surface area contributed by atoms with Gasteiger partial charge in [0.15, 0.2) is 0 Å². The van der Waals surface area contributed by atoms with Crippen molar-refractivity contribution in [3.8, 4) is 0 Å². The second-order valence-corrected chi connectivity index (χ2v) is 3.99. The van der Waals surface area contributed by atoms with Gasteiger partial charge in [-0.3, -0.25) is 9.59 Å². The molecule has 1 rings (SSSR count). The first-order chi connectivity index (χ1) is 6.91. The van der Waals surface area contributed by atoms with Crippen molar-refractivity contribution in [1.82, 2.24) is 0 Å². The van der Waals surface area contributed by atoms with E-state index in [1.807, 2.05) is 0 Å². The summed E-state index contributed by atoms with van der Waals surface area (Å²) in [4.78, 5) is 21.6. The number of rotatable bonds is 4. The van der Waals surface area contributed by atoms with Crippen LogP contribution in [0.3, 0.4) is 0 Å². The van der Waals surface area contributed by atoms with Crippen molar-refractivity contribution in [3.05, 3.63) is 0 Å². The van der Waals surface area contributed by atoms with Crippen LogP contribution in [0, 0.1) is 5.92 Å². The Kier molecular flexibility index (Phi) is 3.77. The van der Waals surface area contributed by atoms with Crippen LogP contribution in [0.25, 0.3) is 0 Å². The number of ketones is 1. The number of carboxylic acid groups (broad SMARTS) is 1. The Morgan fingerprint density at radius 2 is 1.73 bits per heavy atom. The summed E-state index contributed by atoms with van der Waals surface area (Å²) in [6.45, 7) is 0. The summed E-state index contributed by atoms with van der Waals surface area (Å²) >= 11 is 0. The van der Waals surface area contributed by atoms with Crippen molar-refractivity contribution in [3.63, 3.8) is 0 Å². The quantitative estimate of drug-likeness (QED) is 0.790. The third-order valence-corrected chi connectivity index (χ3v) is 2.76. The molecule has 86 valence electrons. The first kappa shape index (κ1) is 12.1. The standard InChI is InChI=1S/C10H14F2O3/c11-10(12)5-3-7(4-6-10)8(13)1-2-9(14)15/h7H,1-6H2,(H,14,15). The van der Waals surface area contributed by atoms with Crippen LogP contribution in [0.2, 0.25) is 0 Å². The van der Waals surface area contributed by atoms with Gasteiger partial charge in [-0.1, -0.05) is 0 Å². The number of carbonyl (C=O) groups excluding carboxylic acids is 1. The Morgan fingerprint density at radius 3 is 2.20 bits per heavy atom. The molecule has 15 heavy (non-hydrogen) atoms. The highest BCUT2D eigenvalue weighted by atomic mass is 19.3. The summed E-state index contributed by atoms with van der Waals surface area (Å²) in [5.74, 6) is -4.20. The van der Waals surface area contributed by atoms with Gasteiger partial charge in [0.25, 0.3) is 0 Å². The van der Waals surface area contributed by atoms with Crippen LogP contribution >= 0.6 is 0 Å². The van der Waals surface area contributed by atoms with E-state index in [0.29, 0.717) is 0 Å². The van der Waals surface area contributed by atoms with E-state index in [-0.39, 0.29) is 50.2 Å². The summed E-state index contributed by atoms with van der Waals surface area (Å²) in [5, 5.41) is 8.37. The molecule has 1 aliphatic carbocycles. The molecule has 0 amide bonds. The molecule has 3 nitrogen and oxygen atoms in total. The minimum atomic E-state index is -2.64. The molecule has 1 saturated carbocycles. The fourth-order valence-corrected chi connectivity index (χ4v) is 1.80. The van der Waals surface area contributed by atoms with Gasteiger partial charge in [-0.2, -0.15) is 0 Å². The van der Waals surface area contributed by atoms with Crippen molar-refractivity contribution in [2.75, 3.05) is 0 Å². The lowest BCUT2D eigenvalue weighted by Gasteiger charge is -2.27. The van der Waals surface area contributed by atoms with Gasteiger partial charge in [0.1, 0.15) is 5.78 Å². The highest BCUT2D eigenvalue weighted by Crippen LogP contribution is 2.36. The summed E-state index contributed by atoms with van der Waals surface area (Å²) < 4.78 is 25.5. The predicted molar refractivity (Wildman–Crippen MR) is 48.8 cm³/mol. The zero-order valence-electron chi connectivity index (χ0n) is 8.34. The fraction of sp³-hybridized carbons (Fsp3) is 0.800. The molecule has 0 aromatic carbocycles. The van der Waals surface area contributed by atoms with Crippen molar-refractivity contribution in [2.45, 2.75) is 44.4 Å². The average Bonchev–Trinajstić information content (AvgIpc) is 2.14. The number of halogens is 2. The average molecular weight is 220 g/mol. The monoisotopic (exact) mass is 220 g/mol. The fourth-order valence-electron chi connectivity index (χ4n) is 1.80. The van der Waals surface area contributed by atoms with E-state index in [0.717, 1.165) is 0 Å². The second kappa shape index (κ2) is 4.68. The maximum absolute atomic E-state index is 12.7. The minimum absolute atomic E-state index is 0.0361. The van der Waals surface area contributed by atoms with E-state index in [2.05, 4.69) is 0 Å². The third-order valence-electron chi connectivity index (χ3n) is 2.76. The number of hydrogen-bond acceptors (Lipinski definition) is 2. The molecule has 0 aromatic rings. The maximum Gasteiger partial charge on any atom is 0.303 e. The van der Waals surface area contributed by atoms with Gasteiger partial charge < -0.3 is 5.11 Å². The van der Waals surface area contributed by atoms with E-state index in [1.165, 1.54) is 0 Å². The zero-order chi connectivity index (χ0) is 11.5. The van der Waals surface area contributed by atoms with Crippen LogP contribution in [-0.4, -0.2) is 22.8 Å². The van der Waals surface area contributed by atoms with Crippen LogP contribution in [0.4, 0.5) is 8.78 Å². The molecular formula is C10H14F2O3. The molecule has 0 unspecified atom stereocenters. The van der Waals surface area contributed by atoms with E-state index < -0.39 is 11.9 Å². The molecule has 0 aromatic heterocycles. The molecule has 1 N–H and O–H groups in total. The van der Waals surface area contributed by atoms with Crippen molar-refractivity contribution in [2.24, 2.45) is 5.92 Å². The maximum atomic E-state index is 12.7. The molecule has 0 saturated heterocycles. The Labute approximate surface area is 86.5 Å². The third kappa shape index (κ3) is 3.93. The van der Waals surface area contributed by atoms with Gasteiger partial charge in [-0.05, 0) is 12.8 Å². The van der Waals surface area contributed by atoms with E-state index in [1.54, 1.807) is 0 Å². The lowest BCUT2D eigenvalue weighted by molar-refractivity contribution is -0.139. The molecule has 5 heteroatoms. The highest BCUT2D eigenvalue weighted by Gasteiger charge is 2.37. The van der Waals surface area contributed by atoms with E-state index >= 15 is 0 Å². The van der Waals surface area contributed by atoms with Crippen molar-refractivity contribution < 1.29 is 23.5 Å². The summed E-state index contributed by atoms with van der Waals surface area (Å²) in [5.41, 5.74) is 0. The van der Waals surface area contributed by atoms with Gasteiger partial charge in [0.2, 0.25) is 5.92 Å². The topological polar surface area (TPSA) is 54.4 Å². The van der Waals surface area contributed by atoms with Crippen LogP contribution in [0.5, 0.6) is 0 Å². The number of Topliss-reactive ketones (excluding diaryl/α,β-unsaturated/α-hetero) is 1. The molecule has 0 aliphatic heterocycles. The summed E-state index contributed by atoms with van der Waals surface area (Å²) in [6, 6.07) is 0. The van der Waals surface area contributed by atoms with Gasteiger partial charge in [0.05, 0.1) is 6.42 Å². The van der Waals surface area contributed by atoms with Crippen molar-refractivity contribution >= 4 is 11.8 Å². The van der Waals surface area contributed by atoms with Gasteiger partial charge >= 0.3 is 5.97 Å². The molecule has 0 radical (unpaired) electrons. The molecule has 0 spiro atoms. The van der Waals surface area contributed by atoms with Gasteiger partial charge in [0, 0.05) is 25.2 Å². The smallest absolute Gasteiger partial charge is 0.303 e. The first-order valence-electron chi connectivity index (χ1n) is 5.03. The number of carboxylic acids is 1. The van der Waals surface area contributed by atoms with E-state index in [9.17, 15) is 18.4 Å². The van der Waals surface area contributed by atoms with E-state index in [4.69, 9.17) is 5.11 Å². The molecular weight excluding hydrogens is 206 g/mol. The molecule has 1 aliphatic rings. The molecule has 0 bridgehead atoms. The van der Waals surface area contributed by atoms with Crippen molar-refractivity contribution in [1.29, 1.82) is 0 Å². The Hall–Kier alpha value is -1.00. The van der Waals surface area contributed by atoms with Gasteiger partial charge in [-0.15, -0.1) is 0 Å². The van der Waals surface area contributed by atoms with Crippen LogP contribution in [0.1, 0.15) is 38.5 Å². The number of alkyl halides is 2. The summed E-state index contributed by atoms with van der Waals surface area (Å²) in [7, 11) is 0. The molecule has 0 heterocycles. The highest BCUT2D eigenvalue weighted by molar-refractivity contribution is 5.84. The minimum Gasteiger partial charge on any atom is -0.481 e. The Morgan fingerprint density at radius 1 is 1.20 bits per heavy atom. The predicted octanol–water partition coefficient (Wildman–Crippen LogP) is 2.25. The second-order valence-electron chi connectivity index (χ2n) is 3.99. The number of carbonyl (C=O) groups is 2. The lowest BCUT2D eigenvalue weighted by atomic mass is 9.83.